The zero-order chi connectivity index (χ0) is 17.9. The van der Waals surface area contributed by atoms with E-state index in [1.54, 1.807) is 13.1 Å². The first-order chi connectivity index (χ1) is 11.2. The number of carbonyl (C=O) groups is 1. The van der Waals surface area contributed by atoms with Crippen LogP contribution in [0.15, 0.2) is 12.4 Å². The quantitative estimate of drug-likeness (QED) is 0.762. The van der Waals surface area contributed by atoms with Gasteiger partial charge in [-0.3, -0.25) is 9.48 Å². The highest BCUT2D eigenvalue weighted by molar-refractivity contribution is 5.75. The molecule has 0 fully saturated rings. The Morgan fingerprint density at radius 3 is 2.62 bits per heavy atom. The van der Waals surface area contributed by atoms with Gasteiger partial charge in [-0.25, -0.2) is 4.98 Å². The monoisotopic (exact) mass is 343 g/mol. The lowest BCUT2D eigenvalue weighted by Crippen LogP contribution is -2.23. The Balaban J connectivity index is 2.24. The third kappa shape index (κ3) is 3.91. The highest BCUT2D eigenvalue weighted by Crippen LogP contribution is 2.33. The summed E-state index contributed by atoms with van der Waals surface area (Å²) in [6.07, 6.45) is -2.30. The fraction of sp³-hybridized carbons (Fsp3) is 0.385. The first kappa shape index (κ1) is 17.5. The van der Waals surface area contributed by atoms with Crippen molar-refractivity contribution in [3.05, 3.63) is 23.7 Å². The summed E-state index contributed by atoms with van der Waals surface area (Å²) in [6, 6.07) is 0. The maximum atomic E-state index is 12.8. The molecule has 8 nitrogen and oxygen atoms in total. The van der Waals surface area contributed by atoms with Gasteiger partial charge in [0.15, 0.2) is 0 Å². The average molecular weight is 343 g/mol. The van der Waals surface area contributed by atoms with E-state index >= 15 is 0 Å². The highest BCUT2D eigenvalue weighted by Gasteiger charge is 2.35. The molecule has 2 rings (SSSR count). The number of likely N-dealkylation sites (N-methyl/N-ethyl adjacent to an activating group) is 1. The first-order valence-electron chi connectivity index (χ1n) is 6.88. The number of rotatable bonds is 5. The number of amides is 1. The summed E-state index contributed by atoms with van der Waals surface area (Å²) in [5.41, 5.74) is 0.0803. The van der Waals surface area contributed by atoms with E-state index in [9.17, 15) is 18.0 Å². The molecular weight excluding hydrogens is 327 g/mol. The van der Waals surface area contributed by atoms with Crippen LogP contribution < -0.4 is 16.0 Å². The van der Waals surface area contributed by atoms with Crippen LogP contribution in [-0.2, 0) is 17.5 Å². The van der Waals surface area contributed by atoms with Crippen LogP contribution in [0.3, 0.4) is 0 Å². The molecule has 2 aromatic rings. The van der Waals surface area contributed by atoms with Crippen molar-refractivity contribution in [2.75, 3.05) is 24.7 Å². The third-order valence-corrected chi connectivity index (χ3v) is 3.11. The molecule has 0 unspecified atom stereocenters. The molecular formula is C13H16F3N7O. The number of hydrogen-bond acceptors (Lipinski definition) is 6. The van der Waals surface area contributed by atoms with Gasteiger partial charge in [0.1, 0.15) is 17.9 Å². The molecule has 0 bridgehead atoms. The second kappa shape index (κ2) is 6.72. The predicted molar refractivity (Wildman–Crippen MR) is 80.9 cm³/mol. The van der Waals surface area contributed by atoms with Crippen LogP contribution in [0.2, 0.25) is 0 Å². The lowest BCUT2D eigenvalue weighted by Gasteiger charge is -2.12. The van der Waals surface area contributed by atoms with Crippen molar-refractivity contribution in [1.82, 2.24) is 25.1 Å². The van der Waals surface area contributed by atoms with E-state index < -0.39 is 11.7 Å². The maximum absolute atomic E-state index is 12.8. The van der Waals surface area contributed by atoms with Crippen LogP contribution in [0, 0.1) is 6.92 Å². The number of hydrogen-bond donors (Lipinski definition) is 3. The summed E-state index contributed by atoms with van der Waals surface area (Å²) in [5.74, 6) is -0.586. The van der Waals surface area contributed by atoms with E-state index in [2.05, 4.69) is 31.0 Å². The Bertz CT molecular complexity index is 742. The molecule has 130 valence electrons. The van der Waals surface area contributed by atoms with E-state index in [4.69, 9.17) is 0 Å². The van der Waals surface area contributed by atoms with Gasteiger partial charge in [-0.15, -0.1) is 0 Å². The third-order valence-electron chi connectivity index (χ3n) is 3.11. The van der Waals surface area contributed by atoms with E-state index in [-0.39, 0.29) is 24.2 Å². The van der Waals surface area contributed by atoms with Gasteiger partial charge in [0.05, 0.1) is 11.4 Å². The topological polar surface area (TPSA) is 96.8 Å². The SMILES string of the molecule is CNC(=O)Cn1cc(Nc2ncc(C(F)(F)F)c(NC)n2)c(C)n1. The summed E-state index contributed by atoms with van der Waals surface area (Å²) in [5, 5.41) is 11.8. The smallest absolute Gasteiger partial charge is 0.372 e. The van der Waals surface area contributed by atoms with Gasteiger partial charge in [-0.2, -0.15) is 23.3 Å². The highest BCUT2D eigenvalue weighted by atomic mass is 19.4. The lowest BCUT2D eigenvalue weighted by atomic mass is 10.3. The summed E-state index contributed by atoms with van der Waals surface area (Å²) in [6.45, 7) is 1.71. The van der Waals surface area contributed by atoms with E-state index in [1.165, 1.54) is 18.8 Å². The maximum Gasteiger partial charge on any atom is 0.421 e. The van der Waals surface area contributed by atoms with Gasteiger partial charge in [-0.1, -0.05) is 0 Å². The Morgan fingerprint density at radius 1 is 1.33 bits per heavy atom. The number of aromatic nitrogens is 4. The summed E-state index contributed by atoms with van der Waals surface area (Å²) >= 11 is 0. The summed E-state index contributed by atoms with van der Waals surface area (Å²) < 4.78 is 39.9. The molecule has 11 heteroatoms. The van der Waals surface area contributed by atoms with Crippen molar-refractivity contribution in [3.8, 4) is 0 Å². The standard InChI is InChI=1S/C13H16F3N7O/c1-7-9(5-23(22-7)6-10(24)17-2)20-12-19-4-8(13(14,15)16)11(18-3)21-12/h4-5H,6H2,1-3H3,(H,17,24)(H2,18,19,20,21). The number of halogens is 3. The molecule has 0 radical (unpaired) electrons. The minimum absolute atomic E-state index is 0.0186. The molecule has 0 spiro atoms. The largest absolute Gasteiger partial charge is 0.421 e. The minimum atomic E-state index is -4.55. The van der Waals surface area contributed by atoms with E-state index in [1.807, 2.05) is 0 Å². The Morgan fingerprint density at radius 2 is 2.04 bits per heavy atom. The lowest BCUT2D eigenvalue weighted by molar-refractivity contribution is -0.137. The van der Waals surface area contributed by atoms with Gasteiger partial charge in [-0.05, 0) is 6.92 Å². The molecule has 0 atom stereocenters. The Hall–Kier alpha value is -2.85. The predicted octanol–water partition coefficient (Wildman–Crippen LogP) is 1.53. The van der Waals surface area contributed by atoms with Gasteiger partial charge in [0.25, 0.3) is 0 Å². The molecule has 0 saturated carbocycles. The molecule has 2 heterocycles. The second-order valence-corrected chi connectivity index (χ2v) is 4.83. The van der Waals surface area contributed by atoms with Crippen LogP contribution in [0.25, 0.3) is 0 Å². The summed E-state index contributed by atoms with van der Waals surface area (Å²) in [7, 11) is 2.85. The van der Waals surface area contributed by atoms with Crippen molar-refractivity contribution in [1.29, 1.82) is 0 Å². The number of nitrogens with zero attached hydrogens (tertiary/aromatic N) is 4. The second-order valence-electron chi connectivity index (χ2n) is 4.83. The molecule has 24 heavy (non-hydrogen) atoms. The molecule has 0 aliphatic rings. The zero-order valence-corrected chi connectivity index (χ0v) is 13.2. The normalized spacial score (nSPS) is 11.2. The molecule has 0 aromatic carbocycles. The zero-order valence-electron chi connectivity index (χ0n) is 13.2. The molecule has 0 aliphatic carbocycles. The van der Waals surface area contributed by atoms with Crippen molar-refractivity contribution in [2.24, 2.45) is 0 Å². The summed E-state index contributed by atoms with van der Waals surface area (Å²) in [4.78, 5) is 18.8. The molecule has 2 aromatic heterocycles. The van der Waals surface area contributed by atoms with Crippen LogP contribution in [0.5, 0.6) is 0 Å². The molecule has 3 N–H and O–H groups in total. The Kier molecular flexibility index (Phi) is 4.90. The van der Waals surface area contributed by atoms with Crippen LogP contribution >= 0.6 is 0 Å². The van der Waals surface area contributed by atoms with Crippen molar-refractivity contribution in [3.63, 3.8) is 0 Å². The van der Waals surface area contributed by atoms with Gasteiger partial charge >= 0.3 is 6.18 Å². The molecule has 0 aliphatic heterocycles. The van der Waals surface area contributed by atoms with Gasteiger partial charge < -0.3 is 16.0 Å². The Labute approximate surface area is 135 Å². The fourth-order valence-corrected chi connectivity index (χ4v) is 1.91. The van der Waals surface area contributed by atoms with Crippen molar-refractivity contribution >= 4 is 23.4 Å². The van der Waals surface area contributed by atoms with Crippen LogP contribution in [0.4, 0.5) is 30.6 Å². The number of nitrogens with one attached hydrogen (secondary N) is 3. The van der Waals surface area contributed by atoms with Crippen LogP contribution in [-0.4, -0.2) is 39.8 Å². The number of alkyl halides is 3. The van der Waals surface area contributed by atoms with Gasteiger partial charge in [0.2, 0.25) is 11.9 Å². The van der Waals surface area contributed by atoms with Crippen molar-refractivity contribution < 1.29 is 18.0 Å². The number of carbonyl (C=O) groups excluding carboxylic acids is 1. The van der Waals surface area contributed by atoms with Crippen molar-refractivity contribution in [2.45, 2.75) is 19.6 Å². The fourth-order valence-electron chi connectivity index (χ4n) is 1.91. The number of aryl methyl sites for hydroxylation is 1. The van der Waals surface area contributed by atoms with Crippen LogP contribution in [0.1, 0.15) is 11.3 Å². The molecule has 1 amide bonds. The molecule has 0 saturated heterocycles. The van der Waals surface area contributed by atoms with E-state index in [0.717, 1.165) is 0 Å². The van der Waals surface area contributed by atoms with Gasteiger partial charge in [0, 0.05) is 26.5 Å². The minimum Gasteiger partial charge on any atom is -0.372 e. The number of anilines is 3. The first-order valence-corrected chi connectivity index (χ1v) is 6.88. The van der Waals surface area contributed by atoms with E-state index in [0.29, 0.717) is 17.6 Å². The average Bonchev–Trinajstić information content (AvgIpc) is 2.85.